The highest BCUT2D eigenvalue weighted by Gasteiger charge is 2.21. The number of aromatic nitrogens is 1. The number of ether oxygens (including phenoxy) is 1. The topological polar surface area (TPSA) is 42.4 Å². The third-order valence-electron chi connectivity index (χ3n) is 4.15. The van der Waals surface area contributed by atoms with Crippen LogP contribution in [0.25, 0.3) is 11.1 Å². The summed E-state index contributed by atoms with van der Waals surface area (Å²) in [6.45, 7) is 4.83. The molecule has 2 heterocycles. The second kappa shape index (κ2) is 6.55. The van der Waals surface area contributed by atoms with Crippen molar-refractivity contribution in [2.75, 3.05) is 13.2 Å². The monoisotopic (exact) mass is 332 g/mol. The molecular formula is C18H18F2N2O2. The quantitative estimate of drug-likeness (QED) is 0.853. The van der Waals surface area contributed by atoms with Crippen LogP contribution in [0.2, 0.25) is 0 Å². The number of rotatable bonds is 3. The highest BCUT2D eigenvalue weighted by atomic mass is 19.2. The number of carbonyl (C=O) groups is 1. The highest BCUT2D eigenvalue weighted by Crippen LogP contribution is 2.26. The molecule has 0 N–H and O–H groups in total. The molecule has 3 rings (SSSR count). The maximum atomic E-state index is 13.7. The summed E-state index contributed by atoms with van der Waals surface area (Å²) in [6.07, 6.45) is 2.08. The van der Waals surface area contributed by atoms with E-state index in [1.54, 1.807) is 17.2 Å². The molecule has 0 radical (unpaired) electrons. The number of halogens is 2. The van der Waals surface area contributed by atoms with Gasteiger partial charge in [0.15, 0.2) is 11.6 Å². The lowest BCUT2D eigenvalue weighted by atomic mass is 10.0. The zero-order chi connectivity index (χ0) is 17.3. The lowest BCUT2D eigenvalue weighted by Crippen LogP contribution is -2.37. The Hall–Kier alpha value is -2.50. The Bertz CT molecular complexity index is 770. The number of cyclic esters (lactones) is 1. The first kappa shape index (κ1) is 16.4. The van der Waals surface area contributed by atoms with Gasteiger partial charge in [0.2, 0.25) is 0 Å². The lowest BCUT2D eigenvalue weighted by molar-refractivity contribution is 0.0699. The fourth-order valence-corrected chi connectivity index (χ4v) is 2.74. The van der Waals surface area contributed by atoms with Crippen molar-refractivity contribution in [2.45, 2.75) is 26.8 Å². The second-order valence-corrected chi connectivity index (χ2v) is 5.95. The predicted octanol–water partition coefficient (Wildman–Crippen LogP) is 3.99. The van der Waals surface area contributed by atoms with Gasteiger partial charge in [-0.1, -0.05) is 0 Å². The van der Waals surface area contributed by atoms with Crippen LogP contribution in [0.4, 0.5) is 13.6 Å². The lowest BCUT2D eigenvalue weighted by Gasteiger charge is -2.26. The van der Waals surface area contributed by atoms with E-state index in [1.807, 2.05) is 13.0 Å². The van der Waals surface area contributed by atoms with Gasteiger partial charge in [-0.15, -0.1) is 0 Å². The van der Waals surface area contributed by atoms with Crippen LogP contribution >= 0.6 is 0 Å². The molecule has 1 aliphatic heterocycles. The minimum Gasteiger partial charge on any atom is -0.449 e. The third kappa shape index (κ3) is 3.22. The third-order valence-corrected chi connectivity index (χ3v) is 4.15. The van der Waals surface area contributed by atoms with Gasteiger partial charge in [-0.3, -0.25) is 4.98 Å². The summed E-state index contributed by atoms with van der Waals surface area (Å²) < 4.78 is 32.2. The number of aryl methyl sites for hydroxylation is 2. The standard InChI is InChI=1S/C18H18F2N2O2/c1-11-6-13(8-16(19)17(11)20)14-7-15(12(2)21-9-14)10-22-4-3-5-24-18(22)23/h6-9H,3-5,10H2,1-2H3. The Kier molecular flexibility index (Phi) is 4.46. The molecule has 0 saturated carbocycles. The normalized spacial score (nSPS) is 14.7. The number of nitrogens with zero attached hydrogens (tertiary/aromatic N) is 2. The van der Waals surface area contributed by atoms with Crippen molar-refractivity contribution < 1.29 is 18.3 Å². The molecular weight excluding hydrogens is 314 g/mol. The SMILES string of the molecule is Cc1cc(-c2cnc(C)c(CN3CCCOC3=O)c2)cc(F)c1F. The fourth-order valence-electron chi connectivity index (χ4n) is 2.74. The summed E-state index contributed by atoms with van der Waals surface area (Å²) in [5.41, 5.74) is 3.13. The van der Waals surface area contributed by atoms with E-state index in [1.165, 1.54) is 6.92 Å². The van der Waals surface area contributed by atoms with Crippen LogP contribution in [-0.4, -0.2) is 29.1 Å². The Morgan fingerprint density at radius 2 is 2.00 bits per heavy atom. The molecule has 0 aliphatic carbocycles. The molecule has 1 aliphatic rings. The number of hydrogen-bond donors (Lipinski definition) is 0. The highest BCUT2D eigenvalue weighted by molar-refractivity contribution is 5.69. The van der Waals surface area contributed by atoms with Gasteiger partial charge < -0.3 is 9.64 Å². The molecule has 0 spiro atoms. The molecule has 1 saturated heterocycles. The van der Waals surface area contributed by atoms with Crippen molar-refractivity contribution in [2.24, 2.45) is 0 Å². The van der Waals surface area contributed by atoms with Crippen molar-refractivity contribution in [3.05, 3.63) is 52.9 Å². The molecule has 0 bridgehead atoms. The van der Waals surface area contributed by atoms with Gasteiger partial charge in [-0.2, -0.15) is 0 Å². The zero-order valence-corrected chi connectivity index (χ0v) is 13.6. The van der Waals surface area contributed by atoms with E-state index in [4.69, 9.17) is 4.74 Å². The minimum absolute atomic E-state index is 0.242. The van der Waals surface area contributed by atoms with E-state index in [2.05, 4.69) is 4.98 Å². The van der Waals surface area contributed by atoms with Gasteiger partial charge in [-0.25, -0.2) is 13.6 Å². The molecule has 1 aromatic heterocycles. The Labute approximate surface area is 139 Å². The van der Waals surface area contributed by atoms with E-state index in [9.17, 15) is 13.6 Å². The maximum Gasteiger partial charge on any atom is 0.410 e. The number of amides is 1. The number of pyridine rings is 1. The van der Waals surface area contributed by atoms with Crippen molar-refractivity contribution in [3.63, 3.8) is 0 Å². The van der Waals surface area contributed by atoms with Crippen LogP contribution in [0.5, 0.6) is 0 Å². The Morgan fingerprint density at radius 3 is 2.71 bits per heavy atom. The summed E-state index contributed by atoms with van der Waals surface area (Å²) in [5.74, 6) is -1.72. The van der Waals surface area contributed by atoms with E-state index in [-0.39, 0.29) is 11.7 Å². The molecule has 1 fully saturated rings. The van der Waals surface area contributed by atoms with Crippen LogP contribution in [0.15, 0.2) is 24.4 Å². The van der Waals surface area contributed by atoms with E-state index in [0.29, 0.717) is 30.8 Å². The van der Waals surface area contributed by atoms with E-state index >= 15 is 0 Å². The smallest absolute Gasteiger partial charge is 0.410 e. The number of hydrogen-bond acceptors (Lipinski definition) is 3. The molecule has 4 nitrogen and oxygen atoms in total. The summed E-state index contributed by atoms with van der Waals surface area (Å²) >= 11 is 0. The first-order chi connectivity index (χ1) is 11.5. The van der Waals surface area contributed by atoms with Gasteiger partial charge in [0.25, 0.3) is 0 Å². The van der Waals surface area contributed by atoms with Crippen molar-refractivity contribution in [1.82, 2.24) is 9.88 Å². The van der Waals surface area contributed by atoms with Gasteiger partial charge in [-0.05, 0) is 55.2 Å². The first-order valence-electron chi connectivity index (χ1n) is 7.79. The molecule has 6 heteroatoms. The molecule has 2 aromatic rings. The molecule has 0 atom stereocenters. The van der Waals surface area contributed by atoms with Crippen molar-refractivity contribution >= 4 is 6.09 Å². The predicted molar refractivity (Wildman–Crippen MR) is 85.4 cm³/mol. The first-order valence-corrected chi connectivity index (χ1v) is 7.79. The molecule has 0 unspecified atom stereocenters. The molecule has 1 amide bonds. The van der Waals surface area contributed by atoms with Gasteiger partial charge in [0.05, 0.1) is 13.2 Å². The van der Waals surface area contributed by atoms with Gasteiger partial charge in [0, 0.05) is 24.0 Å². The Morgan fingerprint density at radius 1 is 1.21 bits per heavy atom. The average Bonchev–Trinajstić information content (AvgIpc) is 2.56. The van der Waals surface area contributed by atoms with Crippen molar-refractivity contribution in [3.8, 4) is 11.1 Å². The molecule has 126 valence electrons. The summed E-state index contributed by atoms with van der Waals surface area (Å²) in [6, 6.07) is 4.60. The minimum atomic E-state index is -0.883. The van der Waals surface area contributed by atoms with E-state index in [0.717, 1.165) is 23.7 Å². The second-order valence-electron chi connectivity index (χ2n) is 5.95. The zero-order valence-electron chi connectivity index (χ0n) is 13.6. The number of carbonyl (C=O) groups excluding carboxylic acids is 1. The van der Waals surface area contributed by atoms with Gasteiger partial charge >= 0.3 is 6.09 Å². The largest absolute Gasteiger partial charge is 0.449 e. The summed E-state index contributed by atoms with van der Waals surface area (Å²) in [5, 5.41) is 0. The fraction of sp³-hybridized carbons (Fsp3) is 0.333. The molecule has 1 aromatic carbocycles. The summed E-state index contributed by atoms with van der Waals surface area (Å²) in [7, 11) is 0. The van der Waals surface area contributed by atoms with Crippen LogP contribution in [0.3, 0.4) is 0 Å². The number of benzene rings is 1. The van der Waals surface area contributed by atoms with Gasteiger partial charge in [0.1, 0.15) is 0 Å². The van der Waals surface area contributed by atoms with Crippen LogP contribution < -0.4 is 0 Å². The maximum absolute atomic E-state index is 13.7. The van der Waals surface area contributed by atoms with Crippen LogP contribution in [0.1, 0.15) is 23.2 Å². The van der Waals surface area contributed by atoms with E-state index < -0.39 is 11.6 Å². The summed E-state index contributed by atoms with van der Waals surface area (Å²) in [4.78, 5) is 17.7. The van der Waals surface area contributed by atoms with Crippen LogP contribution in [-0.2, 0) is 11.3 Å². The Balaban J connectivity index is 1.93. The van der Waals surface area contributed by atoms with Crippen molar-refractivity contribution in [1.29, 1.82) is 0 Å². The average molecular weight is 332 g/mol. The molecule has 24 heavy (non-hydrogen) atoms. The van der Waals surface area contributed by atoms with Crippen LogP contribution in [0, 0.1) is 25.5 Å².